The van der Waals surface area contributed by atoms with Crippen LogP contribution in [-0.4, -0.2) is 56.2 Å². The van der Waals surface area contributed by atoms with Gasteiger partial charge in [0.15, 0.2) is 17.6 Å². The van der Waals surface area contributed by atoms with Crippen molar-refractivity contribution in [2.45, 2.75) is 26.9 Å². The van der Waals surface area contributed by atoms with E-state index in [1.54, 1.807) is 13.8 Å². The van der Waals surface area contributed by atoms with Crippen molar-refractivity contribution in [3.8, 4) is 17.2 Å². The zero-order valence-electron chi connectivity index (χ0n) is 17.4. The Morgan fingerprint density at radius 2 is 1.77 bits per heavy atom. The molecule has 3 rings (SSSR count). The van der Waals surface area contributed by atoms with Crippen molar-refractivity contribution < 1.29 is 38.1 Å². The fourth-order valence-corrected chi connectivity index (χ4v) is 3.28. The molecule has 2 heterocycles. The van der Waals surface area contributed by atoms with Crippen molar-refractivity contribution in [3.63, 3.8) is 0 Å². The summed E-state index contributed by atoms with van der Waals surface area (Å²) in [4.78, 5) is 40.3. The van der Waals surface area contributed by atoms with Crippen LogP contribution >= 0.6 is 0 Å². The van der Waals surface area contributed by atoms with E-state index in [2.05, 4.69) is 4.98 Å². The van der Waals surface area contributed by atoms with Crippen LogP contribution in [0.15, 0.2) is 12.1 Å². The second-order valence-corrected chi connectivity index (χ2v) is 6.73. The Bertz CT molecular complexity index is 990. The van der Waals surface area contributed by atoms with E-state index < -0.39 is 23.8 Å². The van der Waals surface area contributed by atoms with Gasteiger partial charge in [-0.1, -0.05) is 0 Å². The first-order valence-corrected chi connectivity index (χ1v) is 9.28. The number of esters is 2. The van der Waals surface area contributed by atoms with Crippen molar-refractivity contribution in [1.29, 1.82) is 0 Å². The maximum Gasteiger partial charge on any atom is 0.339 e. The average Bonchev–Trinajstić information content (AvgIpc) is 3.05. The summed E-state index contributed by atoms with van der Waals surface area (Å²) in [6.07, 6.45) is -1.10. The Kier molecular flexibility index (Phi) is 6.00. The van der Waals surface area contributed by atoms with E-state index in [0.29, 0.717) is 41.7 Å². The van der Waals surface area contributed by atoms with Crippen LogP contribution in [0.4, 0.5) is 0 Å². The Morgan fingerprint density at radius 1 is 1.07 bits per heavy atom. The molecule has 30 heavy (non-hydrogen) atoms. The molecule has 2 aromatic rings. The molecule has 9 nitrogen and oxygen atoms in total. The number of carbonyl (C=O) groups excluding carboxylic acids is 3. The quantitative estimate of drug-likeness (QED) is 0.564. The number of ether oxygens (including phenoxy) is 5. The third-order valence-electron chi connectivity index (χ3n) is 4.79. The SMILES string of the molecule is COC(=O)c1c(C)[nH]c(C(=O)C(C)OC(=O)c2cc(OC)c3c(c2)OCCO3)c1C. The summed E-state index contributed by atoms with van der Waals surface area (Å²) in [6.45, 7) is 5.47. The number of fused-ring (bicyclic) bond motifs is 1. The number of aromatic nitrogens is 1. The zero-order chi connectivity index (χ0) is 22.0. The van der Waals surface area contributed by atoms with Crippen molar-refractivity contribution in [2.24, 2.45) is 0 Å². The highest BCUT2D eigenvalue weighted by molar-refractivity contribution is 6.04. The monoisotopic (exact) mass is 417 g/mol. The molecule has 9 heteroatoms. The molecule has 0 bridgehead atoms. The van der Waals surface area contributed by atoms with E-state index in [4.69, 9.17) is 23.7 Å². The Balaban J connectivity index is 1.81. The van der Waals surface area contributed by atoms with E-state index in [0.717, 1.165) is 0 Å². The number of hydrogen-bond donors (Lipinski definition) is 1. The van der Waals surface area contributed by atoms with E-state index in [-0.39, 0.29) is 16.8 Å². The molecule has 0 saturated heterocycles. The first kappa shape index (κ1) is 21.2. The lowest BCUT2D eigenvalue weighted by atomic mass is 10.1. The molecule has 160 valence electrons. The fourth-order valence-electron chi connectivity index (χ4n) is 3.28. The van der Waals surface area contributed by atoms with Gasteiger partial charge < -0.3 is 28.7 Å². The maximum atomic E-state index is 12.8. The minimum atomic E-state index is -1.10. The van der Waals surface area contributed by atoms with Crippen LogP contribution in [0.1, 0.15) is 49.4 Å². The topological polar surface area (TPSA) is 113 Å². The predicted molar refractivity (Wildman–Crippen MR) is 105 cm³/mol. The number of hydrogen-bond acceptors (Lipinski definition) is 8. The summed E-state index contributed by atoms with van der Waals surface area (Å²) in [6, 6.07) is 2.95. The molecule has 1 unspecified atom stereocenters. The van der Waals surface area contributed by atoms with Gasteiger partial charge in [-0.05, 0) is 38.5 Å². The van der Waals surface area contributed by atoms with Gasteiger partial charge >= 0.3 is 11.9 Å². The molecule has 0 radical (unpaired) electrons. The van der Waals surface area contributed by atoms with Crippen molar-refractivity contribution in [1.82, 2.24) is 4.98 Å². The number of aromatic amines is 1. The van der Waals surface area contributed by atoms with E-state index in [9.17, 15) is 14.4 Å². The largest absolute Gasteiger partial charge is 0.493 e. The lowest BCUT2D eigenvalue weighted by molar-refractivity contribution is 0.0315. The van der Waals surface area contributed by atoms with Crippen LogP contribution in [0.5, 0.6) is 17.2 Å². The maximum absolute atomic E-state index is 12.8. The first-order chi connectivity index (χ1) is 14.3. The number of benzene rings is 1. The number of nitrogens with one attached hydrogen (secondary N) is 1. The highest BCUT2D eigenvalue weighted by atomic mass is 16.6. The van der Waals surface area contributed by atoms with Gasteiger partial charge in [-0.15, -0.1) is 0 Å². The minimum Gasteiger partial charge on any atom is -0.493 e. The summed E-state index contributed by atoms with van der Waals surface area (Å²) in [5, 5.41) is 0. The van der Waals surface area contributed by atoms with Gasteiger partial charge in [0.25, 0.3) is 0 Å². The van der Waals surface area contributed by atoms with Gasteiger partial charge in [-0.2, -0.15) is 0 Å². The Labute approximate surface area is 173 Å². The van der Waals surface area contributed by atoms with Crippen LogP contribution in [0, 0.1) is 13.8 Å². The smallest absolute Gasteiger partial charge is 0.339 e. The highest BCUT2D eigenvalue weighted by Crippen LogP contribution is 2.40. The second kappa shape index (κ2) is 8.48. The molecular formula is C21H23NO8. The number of ketones is 1. The molecule has 0 amide bonds. The number of rotatable bonds is 6. The van der Waals surface area contributed by atoms with E-state index in [1.165, 1.54) is 33.3 Å². The predicted octanol–water partition coefficient (Wildman–Crippen LogP) is 2.63. The van der Waals surface area contributed by atoms with Crippen LogP contribution in [-0.2, 0) is 9.47 Å². The van der Waals surface area contributed by atoms with Gasteiger partial charge in [0, 0.05) is 5.69 Å². The lowest BCUT2D eigenvalue weighted by Crippen LogP contribution is -2.25. The third kappa shape index (κ3) is 3.83. The first-order valence-electron chi connectivity index (χ1n) is 9.28. The molecule has 1 atom stereocenters. The molecule has 0 aliphatic carbocycles. The van der Waals surface area contributed by atoms with Crippen LogP contribution < -0.4 is 14.2 Å². The normalized spacial score (nSPS) is 13.4. The summed E-state index contributed by atoms with van der Waals surface area (Å²) in [7, 11) is 2.71. The fraction of sp³-hybridized carbons (Fsp3) is 0.381. The number of H-pyrrole nitrogens is 1. The summed E-state index contributed by atoms with van der Waals surface area (Å²) >= 11 is 0. The van der Waals surface area contributed by atoms with Gasteiger partial charge in [0.05, 0.1) is 31.0 Å². The molecule has 1 aliphatic heterocycles. The molecule has 0 spiro atoms. The Hall–Kier alpha value is -3.49. The average molecular weight is 417 g/mol. The number of carbonyl (C=O) groups is 3. The molecule has 0 saturated carbocycles. The number of methoxy groups -OCH3 is 2. The van der Waals surface area contributed by atoms with Crippen LogP contribution in [0.3, 0.4) is 0 Å². The second-order valence-electron chi connectivity index (χ2n) is 6.73. The number of Topliss-reactive ketones (excluding diaryl/α,β-unsaturated/α-hetero) is 1. The zero-order valence-corrected chi connectivity index (χ0v) is 17.4. The number of aryl methyl sites for hydroxylation is 1. The molecule has 1 aliphatic rings. The van der Waals surface area contributed by atoms with Crippen LogP contribution in [0.2, 0.25) is 0 Å². The summed E-state index contributed by atoms with van der Waals surface area (Å²) in [5.74, 6) is -0.629. The third-order valence-corrected chi connectivity index (χ3v) is 4.79. The highest BCUT2D eigenvalue weighted by Gasteiger charge is 2.28. The molecule has 1 N–H and O–H groups in total. The lowest BCUT2D eigenvalue weighted by Gasteiger charge is -2.21. The Morgan fingerprint density at radius 3 is 2.43 bits per heavy atom. The van der Waals surface area contributed by atoms with Crippen LogP contribution in [0.25, 0.3) is 0 Å². The molecule has 1 aromatic heterocycles. The van der Waals surface area contributed by atoms with Gasteiger partial charge in [-0.25, -0.2) is 9.59 Å². The van der Waals surface area contributed by atoms with Crippen molar-refractivity contribution >= 4 is 17.7 Å². The van der Waals surface area contributed by atoms with E-state index >= 15 is 0 Å². The van der Waals surface area contributed by atoms with Gasteiger partial charge in [0.1, 0.15) is 13.2 Å². The van der Waals surface area contributed by atoms with E-state index in [1.807, 2.05) is 0 Å². The van der Waals surface area contributed by atoms with Gasteiger partial charge in [-0.3, -0.25) is 4.79 Å². The van der Waals surface area contributed by atoms with Gasteiger partial charge in [0.2, 0.25) is 11.5 Å². The molecule has 0 fully saturated rings. The standard InChI is InChI=1S/C21H23NO8/c1-10-16(21(25)27-5)11(2)22-17(10)18(23)12(3)30-20(24)13-8-14(26-4)19-15(9-13)28-6-7-29-19/h8-9,12,22H,6-7H2,1-5H3. The van der Waals surface area contributed by atoms with Crippen molar-refractivity contribution in [3.05, 3.63) is 40.2 Å². The minimum absolute atomic E-state index is 0.158. The summed E-state index contributed by atoms with van der Waals surface area (Å²) in [5.41, 5.74) is 1.57. The molecule has 1 aromatic carbocycles. The summed E-state index contributed by atoms with van der Waals surface area (Å²) < 4.78 is 26.4. The van der Waals surface area contributed by atoms with Crippen molar-refractivity contribution in [2.75, 3.05) is 27.4 Å². The molecular weight excluding hydrogens is 394 g/mol.